The molecule has 1 aromatic carbocycles. The number of fused-ring (bicyclic) bond motifs is 1. The SMILES string of the molecule is CNc1ccc(F)c(Cl)c1.Cn1nc(C2CC3CN(C(=O)NCC4CC(F)(F)C4)CC3C2)c(C=O)c1N. The molecule has 1 saturated heterocycles. The van der Waals surface area contributed by atoms with E-state index in [0.29, 0.717) is 42.9 Å². The number of hydrogen-bond donors (Lipinski definition) is 3. The molecular formula is C25H32ClF3N6O2. The Labute approximate surface area is 218 Å². The normalized spacial score (nSPS) is 24.1. The van der Waals surface area contributed by atoms with E-state index in [0.717, 1.165) is 30.5 Å². The van der Waals surface area contributed by atoms with Gasteiger partial charge in [0.15, 0.2) is 6.29 Å². The summed E-state index contributed by atoms with van der Waals surface area (Å²) < 4.78 is 39.7. The maximum Gasteiger partial charge on any atom is 0.317 e. The fourth-order valence-corrected chi connectivity index (χ4v) is 5.79. The number of benzene rings is 1. The van der Waals surface area contributed by atoms with Gasteiger partial charge in [0.25, 0.3) is 0 Å². The summed E-state index contributed by atoms with van der Waals surface area (Å²) in [5, 5.41) is 10.2. The summed E-state index contributed by atoms with van der Waals surface area (Å²) in [6.45, 7) is 1.64. The number of anilines is 2. The summed E-state index contributed by atoms with van der Waals surface area (Å²) >= 11 is 5.48. The number of carbonyl (C=O) groups is 2. The summed E-state index contributed by atoms with van der Waals surface area (Å²) in [4.78, 5) is 25.5. The Hall–Kier alpha value is -2.95. The molecule has 0 radical (unpaired) electrons. The quantitative estimate of drug-likeness (QED) is 0.484. The van der Waals surface area contributed by atoms with Crippen LogP contribution >= 0.6 is 11.6 Å². The van der Waals surface area contributed by atoms with Gasteiger partial charge in [0.05, 0.1) is 16.3 Å². The Morgan fingerprint density at radius 1 is 1.27 bits per heavy atom. The molecule has 2 aliphatic carbocycles. The number of rotatable bonds is 5. The lowest BCUT2D eigenvalue weighted by molar-refractivity contribution is -0.108. The summed E-state index contributed by atoms with van der Waals surface area (Å²) in [5.74, 6) is -1.74. The van der Waals surface area contributed by atoms with Crippen molar-refractivity contribution in [3.63, 3.8) is 0 Å². The van der Waals surface area contributed by atoms with E-state index in [1.165, 1.54) is 16.8 Å². The van der Waals surface area contributed by atoms with Crippen LogP contribution in [0, 0.1) is 23.6 Å². The van der Waals surface area contributed by atoms with Gasteiger partial charge < -0.3 is 21.3 Å². The molecule has 1 aliphatic heterocycles. The minimum absolute atomic E-state index is 0.119. The minimum atomic E-state index is -2.55. The zero-order valence-corrected chi connectivity index (χ0v) is 21.6. The molecule has 3 fully saturated rings. The molecule has 202 valence electrons. The van der Waals surface area contributed by atoms with E-state index in [2.05, 4.69) is 15.7 Å². The van der Waals surface area contributed by atoms with Gasteiger partial charge in [0, 0.05) is 58.2 Å². The third-order valence-electron chi connectivity index (χ3n) is 7.63. The molecular weight excluding hydrogens is 509 g/mol. The number of aldehydes is 1. The zero-order chi connectivity index (χ0) is 26.9. The van der Waals surface area contributed by atoms with Crippen LogP contribution in [0.25, 0.3) is 0 Å². The zero-order valence-electron chi connectivity index (χ0n) is 20.8. The largest absolute Gasteiger partial charge is 0.388 e. The van der Waals surface area contributed by atoms with E-state index in [-0.39, 0.29) is 41.5 Å². The van der Waals surface area contributed by atoms with Crippen LogP contribution in [0.4, 0.5) is 29.5 Å². The Morgan fingerprint density at radius 2 is 1.92 bits per heavy atom. The van der Waals surface area contributed by atoms with E-state index < -0.39 is 5.92 Å². The molecule has 3 aliphatic rings. The summed E-state index contributed by atoms with van der Waals surface area (Å²) in [6.07, 6.45) is 2.26. The van der Waals surface area contributed by atoms with Gasteiger partial charge in [-0.05, 0) is 48.8 Å². The fourth-order valence-electron chi connectivity index (χ4n) is 5.61. The van der Waals surface area contributed by atoms with Crippen molar-refractivity contribution in [3.05, 3.63) is 40.3 Å². The number of halogens is 4. The maximum atomic E-state index is 12.9. The first-order chi connectivity index (χ1) is 17.5. The van der Waals surface area contributed by atoms with Gasteiger partial charge in [-0.15, -0.1) is 0 Å². The van der Waals surface area contributed by atoms with Crippen molar-refractivity contribution >= 4 is 35.4 Å². The van der Waals surface area contributed by atoms with Gasteiger partial charge >= 0.3 is 6.03 Å². The average Bonchev–Trinajstić information content (AvgIpc) is 3.50. The summed E-state index contributed by atoms with van der Waals surface area (Å²) in [5.41, 5.74) is 7.97. The van der Waals surface area contributed by atoms with Crippen molar-refractivity contribution in [2.24, 2.45) is 24.8 Å². The number of aromatic nitrogens is 2. The number of urea groups is 1. The molecule has 2 aromatic rings. The van der Waals surface area contributed by atoms with Gasteiger partial charge in [-0.1, -0.05) is 11.6 Å². The molecule has 37 heavy (non-hydrogen) atoms. The Kier molecular flexibility index (Phi) is 7.91. The van der Waals surface area contributed by atoms with Gasteiger partial charge in [-0.25, -0.2) is 18.0 Å². The molecule has 4 N–H and O–H groups in total. The first-order valence-electron chi connectivity index (χ1n) is 12.3. The predicted octanol–water partition coefficient (Wildman–Crippen LogP) is 4.52. The van der Waals surface area contributed by atoms with Crippen LogP contribution in [0.3, 0.4) is 0 Å². The number of hydrogen-bond acceptors (Lipinski definition) is 5. The lowest BCUT2D eigenvalue weighted by Gasteiger charge is -2.35. The monoisotopic (exact) mass is 540 g/mol. The van der Waals surface area contributed by atoms with Gasteiger partial charge in [-0.3, -0.25) is 9.48 Å². The van der Waals surface area contributed by atoms with Crippen molar-refractivity contribution in [3.8, 4) is 0 Å². The molecule has 2 heterocycles. The minimum Gasteiger partial charge on any atom is -0.388 e. The molecule has 0 bridgehead atoms. The predicted molar refractivity (Wildman–Crippen MR) is 136 cm³/mol. The van der Waals surface area contributed by atoms with Crippen LogP contribution in [0.1, 0.15) is 47.7 Å². The highest BCUT2D eigenvalue weighted by atomic mass is 35.5. The molecule has 2 unspecified atom stereocenters. The fraction of sp³-hybridized carbons (Fsp3) is 0.560. The molecule has 2 atom stereocenters. The van der Waals surface area contributed by atoms with Crippen molar-refractivity contribution in [1.82, 2.24) is 20.0 Å². The smallest absolute Gasteiger partial charge is 0.317 e. The lowest BCUT2D eigenvalue weighted by atomic mass is 9.81. The average molecular weight is 541 g/mol. The second kappa shape index (κ2) is 10.8. The number of amides is 2. The van der Waals surface area contributed by atoms with E-state index in [1.54, 1.807) is 25.1 Å². The summed E-state index contributed by atoms with van der Waals surface area (Å²) in [7, 11) is 3.48. The number of nitrogen functional groups attached to an aromatic ring is 1. The van der Waals surface area contributed by atoms with Crippen molar-refractivity contribution < 1.29 is 22.8 Å². The Balaban J connectivity index is 0.000000270. The second-order valence-corrected chi connectivity index (χ2v) is 10.6. The van der Waals surface area contributed by atoms with Crippen LogP contribution < -0.4 is 16.4 Å². The number of likely N-dealkylation sites (tertiary alicyclic amines) is 1. The number of carbonyl (C=O) groups excluding carboxylic acids is 2. The third-order valence-corrected chi connectivity index (χ3v) is 7.92. The van der Waals surface area contributed by atoms with Crippen LogP contribution in [-0.2, 0) is 7.05 Å². The number of aryl methyl sites for hydroxylation is 1. The highest BCUT2D eigenvalue weighted by molar-refractivity contribution is 6.31. The van der Waals surface area contributed by atoms with Gasteiger partial charge in [0.2, 0.25) is 5.92 Å². The summed E-state index contributed by atoms with van der Waals surface area (Å²) in [6, 6.07) is 4.33. The van der Waals surface area contributed by atoms with E-state index in [4.69, 9.17) is 17.3 Å². The molecule has 1 aromatic heterocycles. The standard InChI is InChI=1S/C18H25F2N5O2.C7H7ClFN/c1-24-16(21)14(9-26)15(23-24)11-2-12-7-25(8-13(12)3-11)17(27)22-6-10-4-18(19,20)5-10;1-10-5-2-3-7(9)6(8)4-5/h9-13H,2-8,21H2,1H3,(H,22,27);2-4,10H,1H3. The van der Waals surface area contributed by atoms with E-state index >= 15 is 0 Å². The molecule has 0 spiro atoms. The molecule has 5 rings (SSSR count). The van der Waals surface area contributed by atoms with Crippen molar-refractivity contribution in [1.29, 1.82) is 0 Å². The molecule has 12 heteroatoms. The van der Waals surface area contributed by atoms with Crippen molar-refractivity contribution in [2.75, 3.05) is 37.7 Å². The van der Waals surface area contributed by atoms with E-state index in [1.807, 2.05) is 0 Å². The topological polar surface area (TPSA) is 105 Å². The number of nitrogens with one attached hydrogen (secondary N) is 2. The Morgan fingerprint density at radius 3 is 2.46 bits per heavy atom. The Bertz CT molecular complexity index is 1140. The number of nitrogens with zero attached hydrogens (tertiary/aromatic N) is 3. The van der Waals surface area contributed by atoms with Crippen LogP contribution in [-0.4, -0.2) is 59.6 Å². The van der Waals surface area contributed by atoms with Crippen molar-refractivity contribution in [2.45, 2.75) is 37.5 Å². The molecule has 2 saturated carbocycles. The number of nitrogens with two attached hydrogens (primary N) is 1. The first-order valence-corrected chi connectivity index (χ1v) is 12.7. The highest BCUT2D eigenvalue weighted by Gasteiger charge is 2.46. The lowest BCUT2D eigenvalue weighted by Crippen LogP contribution is -2.46. The van der Waals surface area contributed by atoms with Crippen LogP contribution in [0.2, 0.25) is 5.02 Å². The first kappa shape index (κ1) is 27.1. The van der Waals surface area contributed by atoms with Gasteiger partial charge in [-0.2, -0.15) is 5.10 Å². The van der Waals surface area contributed by atoms with Crippen LogP contribution in [0.5, 0.6) is 0 Å². The maximum absolute atomic E-state index is 12.9. The van der Waals surface area contributed by atoms with Crippen LogP contribution in [0.15, 0.2) is 18.2 Å². The number of alkyl halides is 2. The molecule has 8 nitrogen and oxygen atoms in total. The third kappa shape index (κ3) is 5.97. The van der Waals surface area contributed by atoms with Gasteiger partial charge in [0.1, 0.15) is 11.6 Å². The highest BCUT2D eigenvalue weighted by Crippen LogP contribution is 2.47. The second-order valence-electron chi connectivity index (χ2n) is 10.2. The van der Waals surface area contributed by atoms with E-state index in [9.17, 15) is 22.8 Å². The molecule has 2 amide bonds.